The van der Waals surface area contributed by atoms with Gasteiger partial charge in [0.25, 0.3) is 11.4 Å². The molecule has 1 aliphatic heterocycles. The Kier molecular flexibility index (Phi) is 6.57. The van der Waals surface area contributed by atoms with Gasteiger partial charge in [-0.2, -0.15) is 0 Å². The number of rotatable bonds is 6. The molecule has 0 aromatic heterocycles. The summed E-state index contributed by atoms with van der Waals surface area (Å²) in [4.78, 5) is 35.9. The molecule has 4 aromatic rings. The van der Waals surface area contributed by atoms with E-state index in [2.05, 4.69) is 5.32 Å². The molecule has 8 nitrogen and oxygen atoms in total. The first-order valence-corrected chi connectivity index (χ1v) is 11.8. The molecular formula is C29H23N3O5. The van der Waals surface area contributed by atoms with Gasteiger partial charge in [-0.05, 0) is 22.3 Å². The molecule has 1 aliphatic rings. The number of hydrogen-bond donors (Lipinski definition) is 1. The van der Waals surface area contributed by atoms with Gasteiger partial charge in [-0.1, -0.05) is 84.9 Å². The maximum atomic E-state index is 14.4. The van der Waals surface area contributed by atoms with Gasteiger partial charge in [0, 0.05) is 36.3 Å². The molecule has 0 saturated carbocycles. The third-order valence-corrected chi connectivity index (χ3v) is 6.88. The fraction of sp³-hybridized carbons (Fsp3) is 0.138. The highest BCUT2D eigenvalue weighted by atomic mass is 16.6. The molecule has 0 bridgehead atoms. The summed E-state index contributed by atoms with van der Waals surface area (Å²) < 4.78 is 0. The zero-order valence-electron chi connectivity index (χ0n) is 19.6. The second-order valence-corrected chi connectivity index (χ2v) is 9.00. The van der Waals surface area contributed by atoms with Crippen LogP contribution in [0.5, 0.6) is 0 Å². The number of hydrogen-bond acceptors (Lipinski definition) is 6. The van der Waals surface area contributed by atoms with Crippen molar-refractivity contribution in [2.45, 2.75) is 23.9 Å². The predicted molar refractivity (Wildman–Crippen MR) is 138 cm³/mol. The fourth-order valence-electron chi connectivity index (χ4n) is 5.13. The van der Waals surface area contributed by atoms with E-state index in [1.165, 1.54) is 24.3 Å². The van der Waals surface area contributed by atoms with E-state index in [4.69, 9.17) is 0 Å². The van der Waals surface area contributed by atoms with Crippen LogP contribution in [0.2, 0.25) is 0 Å². The van der Waals surface area contributed by atoms with E-state index in [1.807, 2.05) is 60.7 Å². The van der Waals surface area contributed by atoms with Gasteiger partial charge < -0.3 is 5.32 Å². The Morgan fingerprint density at radius 1 is 0.514 bits per heavy atom. The van der Waals surface area contributed by atoms with Crippen molar-refractivity contribution in [1.82, 2.24) is 5.32 Å². The lowest BCUT2D eigenvalue weighted by molar-refractivity contribution is -0.385. The van der Waals surface area contributed by atoms with E-state index in [1.54, 1.807) is 24.3 Å². The highest BCUT2D eigenvalue weighted by Crippen LogP contribution is 2.47. The van der Waals surface area contributed by atoms with Crippen molar-refractivity contribution < 1.29 is 14.6 Å². The Morgan fingerprint density at radius 2 is 0.865 bits per heavy atom. The molecule has 1 saturated heterocycles. The van der Waals surface area contributed by atoms with Crippen molar-refractivity contribution in [2.75, 3.05) is 0 Å². The second-order valence-electron chi connectivity index (χ2n) is 9.00. The summed E-state index contributed by atoms with van der Waals surface area (Å²) in [5.74, 6) is -1.10. The van der Waals surface area contributed by atoms with Gasteiger partial charge >= 0.3 is 0 Å². The molecule has 1 fully saturated rings. The number of nitro benzene ring substituents is 2. The smallest absolute Gasteiger partial charge is 0.269 e. The second kappa shape index (κ2) is 10.1. The van der Waals surface area contributed by atoms with Gasteiger partial charge in [0.15, 0.2) is 5.78 Å². The van der Waals surface area contributed by atoms with Crippen LogP contribution in [0.1, 0.15) is 46.2 Å². The zero-order chi connectivity index (χ0) is 25.9. The highest BCUT2D eigenvalue weighted by Gasteiger charge is 2.46. The maximum absolute atomic E-state index is 14.4. The molecule has 37 heavy (non-hydrogen) atoms. The number of nitrogens with zero attached hydrogens (tertiary/aromatic N) is 2. The van der Waals surface area contributed by atoms with Crippen molar-refractivity contribution in [3.8, 4) is 0 Å². The first kappa shape index (κ1) is 24.0. The lowest BCUT2D eigenvalue weighted by Crippen LogP contribution is -2.46. The van der Waals surface area contributed by atoms with Gasteiger partial charge in [0.05, 0.1) is 21.7 Å². The van der Waals surface area contributed by atoms with E-state index in [0.29, 0.717) is 0 Å². The largest absolute Gasteiger partial charge is 0.301 e. The zero-order valence-corrected chi connectivity index (χ0v) is 19.6. The molecule has 4 aromatic carbocycles. The lowest BCUT2D eigenvalue weighted by Gasteiger charge is -2.42. The molecule has 0 spiro atoms. The maximum Gasteiger partial charge on any atom is 0.269 e. The van der Waals surface area contributed by atoms with Crippen LogP contribution in [0.25, 0.3) is 0 Å². The quantitative estimate of drug-likeness (QED) is 0.259. The summed E-state index contributed by atoms with van der Waals surface area (Å²) in [7, 11) is 0. The summed E-state index contributed by atoms with van der Waals surface area (Å²) in [6.07, 6.45) is 0. The molecule has 8 heteroatoms. The van der Waals surface area contributed by atoms with Crippen molar-refractivity contribution in [1.29, 1.82) is 0 Å². The van der Waals surface area contributed by atoms with Crippen LogP contribution in [-0.4, -0.2) is 15.6 Å². The third-order valence-electron chi connectivity index (χ3n) is 6.88. The van der Waals surface area contributed by atoms with Crippen LogP contribution in [0, 0.1) is 20.2 Å². The minimum atomic E-state index is -0.554. The number of carbonyl (C=O) groups excluding carboxylic acids is 1. The van der Waals surface area contributed by atoms with Gasteiger partial charge in [0.1, 0.15) is 0 Å². The Labute approximate surface area is 212 Å². The van der Waals surface area contributed by atoms with E-state index in [-0.39, 0.29) is 17.2 Å². The van der Waals surface area contributed by atoms with Crippen molar-refractivity contribution >= 4 is 17.2 Å². The Balaban J connectivity index is 1.65. The average Bonchev–Trinajstić information content (AvgIpc) is 2.93. The summed E-state index contributed by atoms with van der Waals surface area (Å²) in [6.45, 7) is 0. The molecule has 1 heterocycles. The number of ketones is 1. The summed E-state index contributed by atoms with van der Waals surface area (Å²) >= 11 is 0. The first-order chi connectivity index (χ1) is 17.9. The lowest BCUT2D eigenvalue weighted by atomic mass is 9.70. The summed E-state index contributed by atoms with van der Waals surface area (Å²) in [5, 5.41) is 26.1. The first-order valence-electron chi connectivity index (χ1n) is 11.8. The van der Waals surface area contributed by atoms with Crippen molar-refractivity contribution in [2.24, 2.45) is 0 Å². The molecule has 1 N–H and O–H groups in total. The fourth-order valence-corrected chi connectivity index (χ4v) is 5.13. The molecule has 5 rings (SSSR count). The van der Waals surface area contributed by atoms with Gasteiger partial charge in [-0.15, -0.1) is 0 Å². The van der Waals surface area contributed by atoms with E-state index < -0.39 is 33.8 Å². The van der Waals surface area contributed by atoms with Crippen LogP contribution in [0.3, 0.4) is 0 Å². The van der Waals surface area contributed by atoms with Crippen LogP contribution in [-0.2, 0) is 4.79 Å². The van der Waals surface area contributed by atoms with Crippen LogP contribution < -0.4 is 5.32 Å². The van der Waals surface area contributed by atoms with E-state index in [0.717, 1.165) is 22.3 Å². The Bertz CT molecular complexity index is 1320. The number of non-ortho nitro benzene ring substituents is 2. The Morgan fingerprint density at radius 3 is 1.19 bits per heavy atom. The number of carbonyl (C=O) groups is 1. The molecule has 0 aliphatic carbocycles. The minimum Gasteiger partial charge on any atom is -0.301 e. The van der Waals surface area contributed by atoms with Gasteiger partial charge in [-0.3, -0.25) is 25.0 Å². The number of nitro groups is 2. The van der Waals surface area contributed by atoms with Crippen LogP contribution in [0.15, 0.2) is 109 Å². The van der Waals surface area contributed by atoms with Gasteiger partial charge in [-0.25, -0.2) is 0 Å². The molecule has 4 atom stereocenters. The number of nitrogens with one attached hydrogen (secondary N) is 1. The van der Waals surface area contributed by atoms with Crippen LogP contribution in [0.4, 0.5) is 11.4 Å². The van der Waals surface area contributed by atoms with E-state index in [9.17, 15) is 25.0 Å². The summed E-state index contributed by atoms with van der Waals surface area (Å²) in [6, 6.07) is 30.5. The average molecular weight is 494 g/mol. The normalized spacial score (nSPS) is 21.4. The molecular weight excluding hydrogens is 470 g/mol. The predicted octanol–water partition coefficient (Wildman–Crippen LogP) is 6.03. The van der Waals surface area contributed by atoms with Gasteiger partial charge in [0.2, 0.25) is 0 Å². The molecule has 0 unspecified atom stereocenters. The highest BCUT2D eigenvalue weighted by molar-refractivity contribution is 5.94. The minimum absolute atomic E-state index is 0.00264. The molecule has 0 radical (unpaired) electrons. The van der Waals surface area contributed by atoms with Crippen molar-refractivity contribution in [3.05, 3.63) is 152 Å². The monoisotopic (exact) mass is 493 g/mol. The standard InChI is InChI=1S/C29H23N3O5/c33-29-25(19-7-3-1-4-8-19)27(21-11-15-23(16-12-21)31(34)35)30-28(26(29)20-9-5-2-6-10-20)22-13-17-24(18-14-22)32(36)37/h1-18,25-28,30H/t25-,26+,27+,28-. The van der Waals surface area contributed by atoms with Crippen LogP contribution >= 0.6 is 0 Å². The number of benzene rings is 4. The number of Topliss-reactive ketones (excluding diaryl/α,β-unsaturated/α-hetero) is 1. The number of piperidine rings is 1. The molecule has 0 amide bonds. The topological polar surface area (TPSA) is 115 Å². The third kappa shape index (κ3) is 4.74. The Hall–Kier alpha value is -4.69. The summed E-state index contributed by atoms with van der Waals surface area (Å²) in [5.41, 5.74) is 3.10. The SMILES string of the molecule is O=C1[C@H](c2ccccc2)[C@H](c2ccc([N+](=O)[O-])cc2)N[C@H](c2ccc([N+](=O)[O-])cc2)[C@@H]1c1ccccc1. The van der Waals surface area contributed by atoms with E-state index >= 15 is 0 Å². The van der Waals surface area contributed by atoms with Crippen molar-refractivity contribution in [3.63, 3.8) is 0 Å². The molecule has 184 valence electrons.